The van der Waals surface area contributed by atoms with Crippen molar-refractivity contribution < 1.29 is 13.9 Å². The highest BCUT2D eigenvalue weighted by molar-refractivity contribution is 5.92. The summed E-state index contributed by atoms with van der Waals surface area (Å²) in [6, 6.07) is 10.3. The zero-order chi connectivity index (χ0) is 21.1. The van der Waals surface area contributed by atoms with Crippen LogP contribution < -0.4 is 14.4 Å². The molecular weight excluding hydrogens is 383 g/mol. The Hall–Kier alpha value is -3.53. The minimum atomic E-state index is -0.361. The minimum Gasteiger partial charge on any atom is -0.496 e. The summed E-state index contributed by atoms with van der Waals surface area (Å²) in [6.07, 6.45) is 5.25. The highest BCUT2D eigenvalue weighted by Gasteiger charge is 2.19. The number of benzene rings is 2. The van der Waals surface area contributed by atoms with Crippen LogP contribution in [0, 0.1) is 17.1 Å². The number of nitrogens with one attached hydrogen (secondary N) is 1. The van der Waals surface area contributed by atoms with Gasteiger partial charge in [-0.3, -0.25) is 0 Å². The largest absolute Gasteiger partial charge is 0.496 e. The van der Waals surface area contributed by atoms with E-state index >= 15 is 0 Å². The van der Waals surface area contributed by atoms with Gasteiger partial charge in [0.05, 0.1) is 36.5 Å². The standard InChI is InChI=1S/C23H23FN4O2/c1-29-21-13-20(28-8-4-3-5-9-28)22(30-2)11-15(21)10-16(14-25)23-26-18-7-6-17(24)12-19(18)27-23/h6-7,10-13H,3-5,8-9H2,1-2H3,(H,26,27)/b16-10-. The van der Waals surface area contributed by atoms with E-state index in [1.165, 1.54) is 18.6 Å². The summed E-state index contributed by atoms with van der Waals surface area (Å²) in [5.41, 5.74) is 3.15. The second-order valence-corrected chi connectivity index (χ2v) is 7.23. The van der Waals surface area contributed by atoms with Crippen LogP contribution in [0.25, 0.3) is 22.7 Å². The third-order valence-corrected chi connectivity index (χ3v) is 5.35. The smallest absolute Gasteiger partial charge is 0.149 e. The number of piperidine rings is 1. The van der Waals surface area contributed by atoms with E-state index in [1.54, 1.807) is 26.4 Å². The molecule has 0 atom stereocenters. The molecule has 1 fully saturated rings. The maximum Gasteiger partial charge on any atom is 0.149 e. The van der Waals surface area contributed by atoms with Gasteiger partial charge >= 0.3 is 0 Å². The van der Waals surface area contributed by atoms with Crippen molar-refractivity contribution >= 4 is 28.4 Å². The lowest BCUT2D eigenvalue weighted by molar-refractivity contribution is 0.401. The number of hydrogen-bond acceptors (Lipinski definition) is 5. The molecule has 30 heavy (non-hydrogen) atoms. The van der Waals surface area contributed by atoms with Gasteiger partial charge in [-0.05, 0) is 49.6 Å². The number of halogens is 1. The van der Waals surface area contributed by atoms with Gasteiger partial charge in [-0.15, -0.1) is 0 Å². The number of allylic oxidation sites excluding steroid dienone is 1. The number of aromatic amines is 1. The van der Waals surface area contributed by atoms with Gasteiger partial charge in [-0.1, -0.05) is 0 Å². The molecule has 1 saturated heterocycles. The number of nitriles is 1. The lowest BCUT2D eigenvalue weighted by Crippen LogP contribution is -2.29. The molecule has 4 rings (SSSR count). The Balaban J connectivity index is 1.77. The number of anilines is 1. The number of fused-ring (bicyclic) bond motifs is 1. The van der Waals surface area contributed by atoms with Crippen LogP contribution in [0.3, 0.4) is 0 Å². The molecule has 1 aliphatic rings. The van der Waals surface area contributed by atoms with Gasteiger partial charge in [0, 0.05) is 24.7 Å². The van der Waals surface area contributed by atoms with E-state index in [-0.39, 0.29) is 5.82 Å². The number of ether oxygens (including phenoxy) is 2. The third-order valence-electron chi connectivity index (χ3n) is 5.35. The van der Waals surface area contributed by atoms with E-state index in [1.807, 2.05) is 12.1 Å². The molecular formula is C23H23FN4O2. The Morgan fingerprint density at radius 1 is 1.13 bits per heavy atom. The number of H-pyrrole nitrogens is 1. The van der Waals surface area contributed by atoms with E-state index in [2.05, 4.69) is 20.9 Å². The van der Waals surface area contributed by atoms with Crippen molar-refractivity contribution in [2.24, 2.45) is 0 Å². The lowest BCUT2D eigenvalue weighted by Gasteiger charge is -2.30. The first-order valence-electron chi connectivity index (χ1n) is 9.91. The average Bonchev–Trinajstić information content (AvgIpc) is 3.20. The Kier molecular flexibility index (Phi) is 5.57. The minimum absolute atomic E-state index is 0.317. The Morgan fingerprint density at radius 2 is 1.90 bits per heavy atom. The molecule has 1 aliphatic heterocycles. The summed E-state index contributed by atoms with van der Waals surface area (Å²) in [6.45, 7) is 1.96. The molecule has 2 aromatic carbocycles. The molecule has 0 spiro atoms. The zero-order valence-electron chi connectivity index (χ0n) is 17.0. The number of aromatic nitrogens is 2. The molecule has 2 heterocycles. The summed E-state index contributed by atoms with van der Waals surface area (Å²) in [5.74, 6) is 1.39. The number of methoxy groups -OCH3 is 2. The first kappa shape index (κ1) is 19.8. The van der Waals surface area contributed by atoms with Crippen LogP contribution in [0.1, 0.15) is 30.7 Å². The molecule has 3 aromatic rings. The SMILES string of the molecule is COc1cc(N2CCCCC2)c(OC)cc1/C=C(/C#N)c1nc2ccc(F)cc2[nH]1. The van der Waals surface area contributed by atoms with Gasteiger partial charge in [0.15, 0.2) is 0 Å². The van der Waals surface area contributed by atoms with E-state index in [4.69, 9.17) is 9.47 Å². The normalized spacial score (nSPS) is 14.6. The highest BCUT2D eigenvalue weighted by Crippen LogP contribution is 2.38. The second-order valence-electron chi connectivity index (χ2n) is 7.23. The van der Waals surface area contributed by atoms with Crippen molar-refractivity contribution in [3.8, 4) is 17.6 Å². The third kappa shape index (κ3) is 3.81. The molecule has 0 unspecified atom stereocenters. The molecule has 0 saturated carbocycles. The summed E-state index contributed by atoms with van der Waals surface area (Å²) < 4.78 is 24.7. The average molecular weight is 406 g/mol. The predicted molar refractivity (Wildman–Crippen MR) is 115 cm³/mol. The molecule has 6 nitrogen and oxygen atoms in total. The monoisotopic (exact) mass is 406 g/mol. The topological polar surface area (TPSA) is 74.2 Å². The molecule has 154 valence electrons. The van der Waals surface area contributed by atoms with Gasteiger partial charge < -0.3 is 19.4 Å². The Labute approximate surface area is 174 Å². The van der Waals surface area contributed by atoms with Crippen molar-refractivity contribution in [1.29, 1.82) is 5.26 Å². The summed E-state index contributed by atoms with van der Waals surface area (Å²) >= 11 is 0. The van der Waals surface area contributed by atoms with E-state index < -0.39 is 0 Å². The van der Waals surface area contributed by atoms with E-state index in [0.717, 1.165) is 37.4 Å². The second kappa shape index (κ2) is 8.46. The Morgan fingerprint density at radius 3 is 2.60 bits per heavy atom. The van der Waals surface area contributed by atoms with Crippen LogP contribution in [0.4, 0.5) is 10.1 Å². The van der Waals surface area contributed by atoms with Crippen LogP contribution in [0.2, 0.25) is 0 Å². The first-order chi connectivity index (χ1) is 14.6. The maximum atomic E-state index is 13.5. The van der Waals surface area contributed by atoms with Crippen LogP contribution in [0.15, 0.2) is 30.3 Å². The molecule has 1 N–H and O–H groups in total. The number of rotatable bonds is 5. The van der Waals surface area contributed by atoms with Gasteiger partial charge in [-0.2, -0.15) is 5.26 Å². The van der Waals surface area contributed by atoms with Crippen LogP contribution in [0.5, 0.6) is 11.5 Å². The molecule has 1 aromatic heterocycles. The predicted octanol–water partition coefficient (Wildman–Crippen LogP) is 4.77. The van der Waals surface area contributed by atoms with Gasteiger partial charge in [0.1, 0.15) is 29.2 Å². The fraction of sp³-hybridized carbons (Fsp3) is 0.304. The summed E-state index contributed by atoms with van der Waals surface area (Å²) in [5, 5.41) is 9.74. The number of hydrogen-bond donors (Lipinski definition) is 1. The summed E-state index contributed by atoms with van der Waals surface area (Å²) in [7, 11) is 3.25. The quantitative estimate of drug-likeness (QED) is 0.618. The van der Waals surface area contributed by atoms with Crippen LogP contribution in [-0.4, -0.2) is 37.3 Å². The number of imidazole rings is 1. The van der Waals surface area contributed by atoms with Crippen molar-refractivity contribution in [3.63, 3.8) is 0 Å². The molecule has 0 amide bonds. The molecule has 7 heteroatoms. The summed E-state index contributed by atoms with van der Waals surface area (Å²) in [4.78, 5) is 9.73. The number of nitrogens with zero attached hydrogens (tertiary/aromatic N) is 3. The van der Waals surface area contributed by atoms with Gasteiger partial charge in [0.25, 0.3) is 0 Å². The molecule has 0 aliphatic carbocycles. The van der Waals surface area contributed by atoms with Crippen LogP contribution >= 0.6 is 0 Å². The van der Waals surface area contributed by atoms with E-state index in [9.17, 15) is 9.65 Å². The van der Waals surface area contributed by atoms with Crippen molar-refractivity contribution in [3.05, 3.63) is 47.5 Å². The van der Waals surface area contributed by atoms with Crippen molar-refractivity contribution in [2.75, 3.05) is 32.2 Å². The zero-order valence-corrected chi connectivity index (χ0v) is 17.0. The highest BCUT2D eigenvalue weighted by atomic mass is 19.1. The first-order valence-corrected chi connectivity index (χ1v) is 9.91. The lowest BCUT2D eigenvalue weighted by atomic mass is 10.1. The Bertz CT molecular complexity index is 1140. The molecule has 0 bridgehead atoms. The van der Waals surface area contributed by atoms with Crippen molar-refractivity contribution in [2.45, 2.75) is 19.3 Å². The van der Waals surface area contributed by atoms with Crippen LogP contribution in [-0.2, 0) is 0 Å². The fourth-order valence-electron chi connectivity index (χ4n) is 3.82. The van der Waals surface area contributed by atoms with Gasteiger partial charge in [0.2, 0.25) is 0 Å². The van der Waals surface area contributed by atoms with Crippen molar-refractivity contribution in [1.82, 2.24) is 9.97 Å². The van der Waals surface area contributed by atoms with Gasteiger partial charge in [-0.25, -0.2) is 9.37 Å². The fourth-order valence-corrected chi connectivity index (χ4v) is 3.82. The maximum absolute atomic E-state index is 13.5. The van der Waals surface area contributed by atoms with E-state index in [0.29, 0.717) is 33.7 Å². The molecule has 0 radical (unpaired) electrons.